The average Bonchev–Trinajstić information content (AvgIpc) is 2.63. The summed E-state index contributed by atoms with van der Waals surface area (Å²) in [6.07, 6.45) is 2.57. The highest BCUT2D eigenvalue weighted by Crippen LogP contribution is 2.28. The number of ketones is 2. The van der Waals surface area contributed by atoms with Crippen molar-refractivity contribution in [3.8, 4) is 0 Å². The molecule has 0 radical (unpaired) electrons. The number of hydrogen-bond donors (Lipinski definition) is 1. The second-order valence-electron chi connectivity index (χ2n) is 3.63. The van der Waals surface area contributed by atoms with Gasteiger partial charge in [-0.25, -0.2) is 0 Å². The summed E-state index contributed by atoms with van der Waals surface area (Å²) in [6, 6.07) is 5.17. The minimum Gasteiger partial charge on any atom is -0.351 e. The van der Waals surface area contributed by atoms with E-state index in [-0.39, 0.29) is 11.6 Å². The molecule has 1 aliphatic rings. The molecule has 0 spiro atoms. The third kappa shape index (κ3) is 1.15. The number of aromatic nitrogens is 1. The molecule has 0 saturated carbocycles. The highest BCUT2D eigenvalue weighted by molar-refractivity contribution is 6.32. The lowest BCUT2D eigenvalue weighted by Gasteiger charge is -2.02. The summed E-state index contributed by atoms with van der Waals surface area (Å²) in [6.45, 7) is 0. The van der Waals surface area contributed by atoms with Crippen LogP contribution in [0.1, 0.15) is 20.8 Å². The van der Waals surface area contributed by atoms with Crippen molar-refractivity contribution in [1.82, 2.24) is 4.98 Å². The van der Waals surface area contributed by atoms with Gasteiger partial charge in [0, 0.05) is 15.9 Å². The Kier molecular flexibility index (Phi) is 1.79. The molecule has 1 heterocycles. The molecule has 0 saturated heterocycles. The van der Waals surface area contributed by atoms with Crippen LogP contribution in [0, 0.1) is 0 Å². The van der Waals surface area contributed by atoms with Crippen molar-refractivity contribution in [3.63, 3.8) is 0 Å². The first kappa shape index (κ1) is 9.36. The van der Waals surface area contributed by atoms with Crippen molar-refractivity contribution in [2.24, 2.45) is 0 Å². The Balaban J connectivity index is 2.45. The minimum atomic E-state index is -0.179. The predicted octanol–water partition coefficient (Wildman–Crippen LogP) is 2.76. The fraction of sp³-hybridized carbons (Fsp3) is 0. The van der Waals surface area contributed by atoms with Crippen LogP contribution in [-0.2, 0) is 0 Å². The molecule has 1 aromatic heterocycles. The van der Waals surface area contributed by atoms with Crippen LogP contribution in [0.2, 0.25) is 5.02 Å². The zero-order valence-electron chi connectivity index (χ0n) is 8.08. The number of rotatable bonds is 0. The van der Waals surface area contributed by atoms with E-state index in [1.165, 1.54) is 12.2 Å². The molecule has 0 bridgehead atoms. The van der Waals surface area contributed by atoms with E-state index in [4.69, 9.17) is 11.6 Å². The number of carbonyl (C=O) groups is 2. The van der Waals surface area contributed by atoms with Crippen LogP contribution < -0.4 is 0 Å². The molecule has 3 nitrogen and oxygen atoms in total. The largest absolute Gasteiger partial charge is 0.351 e. The van der Waals surface area contributed by atoms with Gasteiger partial charge in [0.1, 0.15) is 0 Å². The lowest BCUT2D eigenvalue weighted by Crippen LogP contribution is -2.09. The monoisotopic (exact) mass is 231 g/mol. The Bertz CT molecular complexity index is 667. The Labute approximate surface area is 95.7 Å². The second-order valence-corrected chi connectivity index (χ2v) is 4.06. The summed E-state index contributed by atoms with van der Waals surface area (Å²) in [5.74, 6) is -0.343. The highest BCUT2D eigenvalue weighted by atomic mass is 35.5. The van der Waals surface area contributed by atoms with Crippen molar-refractivity contribution < 1.29 is 9.59 Å². The quantitative estimate of drug-likeness (QED) is 0.758. The van der Waals surface area contributed by atoms with Crippen LogP contribution in [0.25, 0.3) is 10.9 Å². The van der Waals surface area contributed by atoms with E-state index in [0.717, 1.165) is 5.52 Å². The molecule has 78 valence electrons. The zero-order valence-corrected chi connectivity index (χ0v) is 8.84. The number of aromatic amines is 1. The Hall–Kier alpha value is -1.87. The van der Waals surface area contributed by atoms with E-state index in [0.29, 0.717) is 21.7 Å². The first-order valence-corrected chi connectivity index (χ1v) is 5.12. The third-order valence-corrected chi connectivity index (χ3v) is 2.87. The fourth-order valence-electron chi connectivity index (χ4n) is 1.92. The van der Waals surface area contributed by atoms with Gasteiger partial charge in [0.15, 0.2) is 5.78 Å². The van der Waals surface area contributed by atoms with Crippen LogP contribution >= 0.6 is 11.6 Å². The molecule has 16 heavy (non-hydrogen) atoms. The van der Waals surface area contributed by atoms with Gasteiger partial charge in [0.2, 0.25) is 5.78 Å². The molecule has 4 heteroatoms. The number of fused-ring (bicyclic) bond motifs is 3. The van der Waals surface area contributed by atoms with Gasteiger partial charge in [0.05, 0.1) is 11.3 Å². The van der Waals surface area contributed by atoms with Crippen molar-refractivity contribution in [2.75, 3.05) is 0 Å². The molecule has 0 fully saturated rings. The summed E-state index contributed by atoms with van der Waals surface area (Å²) in [5, 5.41) is 1.24. The van der Waals surface area contributed by atoms with Crippen LogP contribution in [0.3, 0.4) is 0 Å². The van der Waals surface area contributed by atoms with Crippen molar-refractivity contribution >= 4 is 34.1 Å². The van der Waals surface area contributed by atoms with Gasteiger partial charge < -0.3 is 4.98 Å². The maximum Gasteiger partial charge on any atom is 0.202 e. The molecule has 0 aliphatic heterocycles. The maximum atomic E-state index is 11.7. The van der Waals surface area contributed by atoms with E-state index in [1.54, 1.807) is 18.2 Å². The highest BCUT2D eigenvalue weighted by Gasteiger charge is 2.24. The number of H-pyrrole nitrogens is 1. The molecule has 2 aromatic rings. The first-order chi connectivity index (χ1) is 7.66. The standard InChI is InChI=1S/C12H6ClNO2/c13-6-1-2-8-7(5-6)11-9(15)3-4-10(16)12(11)14-8/h1-5,14H. The van der Waals surface area contributed by atoms with Gasteiger partial charge in [-0.05, 0) is 30.4 Å². The van der Waals surface area contributed by atoms with Crippen LogP contribution in [0.5, 0.6) is 0 Å². The van der Waals surface area contributed by atoms with E-state index in [1.807, 2.05) is 0 Å². The molecule has 1 aliphatic carbocycles. The average molecular weight is 232 g/mol. The van der Waals surface area contributed by atoms with E-state index in [9.17, 15) is 9.59 Å². The Morgan fingerprint density at radius 3 is 2.62 bits per heavy atom. The topological polar surface area (TPSA) is 49.9 Å². The molecule has 3 rings (SSSR count). The van der Waals surface area contributed by atoms with Gasteiger partial charge in [0.25, 0.3) is 0 Å². The summed E-state index contributed by atoms with van der Waals surface area (Å²) in [4.78, 5) is 26.2. The predicted molar refractivity (Wildman–Crippen MR) is 61.1 cm³/mol. The van der Waals surface area contributed by atoms with Gasteiger partial charge >= 0.3 is 0 Å². The van der Waals surface area contributed by atoms with Crippen molar-refractivity contribution in [1.29, 1.82) is 0 Å². The molecule has 1 N–H and O–H groups in total. The summed E-state index contributed by atoms with van der Waals surface area (Å²) < 4.78 is 0. The van der Waals surface area contributed by atoms with Gasteiger partial charge in [-0.15, -0.1) is 0 Å². The molecular weight excluding hydrogens is 226 g/mol. The van der Waals surface area contributed by atoms with Gasteiger partial charge in [-0.1, -0.05) is 11.6 Å². The lowest BCUT2D eigenvalue weighted by atomic mass is 9.99. The summed E-state index contributed by atoms with van der Waals surface area (Å²) in [5.41, 5.74) is 1.52. The zero-order chi connectivity index (χ0) is 11.3. The normalized spacial score (nSPS) is 14.6. The van der Waals surface area contributed by atoms with Crippen LogP contribution in [0.15, 0.2) is 30.4 Å². The molecular formula is C12H6ClNO2. The molecule has 0 amide bonds. The second kappa shape index (κ2) is 3.06. The van der Waals surface area contributed by atoms with Crippen molar-refractivity contribution in [3.05, 3.63) is 46.6 Å². The minimum absolute atomic E-state index is 0.164. The lowest BCUT2D eigenvalue weighted by molar-refractivity contribution is 0.0993. The Morgan fingerprint density at radius 2 is 1.81 bits per heavy atom. The first-order valence-electron chi connectivity index (χ1n) is 4.75. The van der Waals surface area contributed by atoms with E-state index >= 15 is 0 Å². The Morgan fingerprint density at radius 1 is 1.06 bits per heavy atom. The number of allylic oxidation sites excluding steroid dienone is 2. The number of nitrogens with one attached hydrogen (secondary N) is 1. The van der Waals surface area contributed by atoms with Crippen molar-refractivity contribution in [2.45, 2.75) is 0 Å². The number of halogens is 1. The van der Waals surface area contributed by atoms with E-state index < -0.39 is 0 Å². The number of hydrogen-bond acceptors (Lipinski definition) is 2. The fourth-order valence-corrected chi connectivity index (χ4v) is 2.10. The summed E-state index contributed by atoms with van der Waals surface area (Å²) >= 11 is 5.87. The summed E-state index contributed by atoms with van der Waals surface area (Å²) in [7, 11) is 0. The van der Waals surface area contributed by atoms with Crippen LogP contribution in [-0.4, -0.2) is 16.6 Å². The number of carbonyl (C=O) groups excluding carboxylic acids is 2. The van der Waals surface area contributed by atoms with Crippen LogP contribution in [0.4, 0.5) is 0 Å². The molecule has 0 atom stereocenters. The number of benzene rings is 1. The smallest absolute Gasteiger partial charge is 0.202 e. The molecule has 1 aromatic carbocycles. The molecule has 0 unspecified atom stereocenters. The van der Waals surface area contributed by atoms with E-state index in [2.05, 4.69) is 4.98 Å². The SMILES string of the molecule is O=C1C=CC(=O)c2c1[nH]c1ccc(Cl)cc21. The van der Waals surface area contributed by atoms with Gasteiger partial charge in [-0.3, -0.25) is 9.59 Å². The maximum absolute atomic E-state index is 11.7. The third-order valence-electron chi connectivity index (χ3n) is 2.64. The van der Waals surface area contributed by atoms with Gasteiger partial charge in [-0.2, -0.15) is 0 Å².